The number of aromatic nitrogens is 2. The third kappa shape index (κ3) is 6.01. The van der Waals surface area contributed by atoms with Crippen LogP contribution in [0.2, 0.25) is 0 Å². The van der Waals surface area contributed by atoms with E-state index >= 15 is 0 Å². The topological polar surface area (TPSA) is 111 Å². The first-order valence-electron chi connectivity index (χ1n) is 13.6. The van der Waals surface area contributed by atoms with Crippen molar-refractivity contribution >= 4 is 15.7 Å². The number of rotatable bonds is 8. The van der Waals surface area contributed by atoms with E-state index in [9.17, 15) is 31.2 Å². The zero-order valence-electron chi connectivity index (χ0n) is 23.3. The Hall–Kier alpha value is -4.20. The van der Waals surface area contributed by atoms with Crippen molar-refractivity contribution in [2.45, 2.75) is 31.0 Å². The molecule has 0 aliphatic carbocycles. The summed E-state index contributed by atoms with van der Waals surface area (Å²) in [5.74, 6) is -2.37. The molecule has 0 bridgehead atoms. The molecule has 1 aromatic heterocycles. The van der Waals surface area contributed by atoms with Crippen LogP contribution in [0.5, 0.6) is 0 Å². The van der Waals surface area contributed by atoms with Crippen LogP contribution >= 0.6 is 0 Å². The first kappa shape index (κ1) is 30.3. The van der Waals surface area contributed by atoms with Crippen molar-refractivity contribution in [1.82, 2.24) is 13.4 Å². The largest absolute Gasteiger partial charge is 0.363 e. The molecule has 0 amide bonds. The lowest BCUT2D eigenvalue weighted by atomic mass is 10.1. The molecule has 2 heterocycles. The summed E-state index contributed by atoms with van der Waals surface area (Å²) < 4.78 is 72.6. The lowest BCUT2D eigenvalue weighted by Crippen LogP contribution is -2.52. The normalized spacial score (nSPS) is 15.0. The minimum absolute atomic E-state index is 0.0255. The number of benzene rings is 3. The third-order valence-corrected chi connectivity index (χ3v) is 9.53. The van der Waals surface area contributed by atoms with Crippen molar-refractivity contribution in [3.63, 3.8) is 0 Å². The summed E-state index contributed by atoms with van der Waals surface area (Å²) >= 11 is 0. The lowest BCUT2D eigenvalue weighted by Gasteiger charge is -2.36. The minimum atomic E-state index is -4.00. The Bertz CT molecular complexity index is 1850. The lowest BCUT2D eigenvalue weighted by molar-refractivity contribution is 0.382. The van der Waals surface area contributed by atoms with E-state index in [1.165, 1.54) is 29.4 Å². The van der Waals surface area contributed by atoms with Crippen LogP contribution in [0.15, 0.2) is 87.3 Å². The van der Waals surface area contributed by atoms with E-state index < -0.39 is 51.3 Å². The molecule has 1 unspecified atom stereocenters. The summed E-state index contributed by atoms with van der Waals surface area (Å²) in [5.41, 5.74) is 5.54. The monoisotopic (exact) mass is 613 g/mol. The zero-order chi connectivity index (χ0) is 30.9. The van der Waals surface area contributed by atoms with Crippen molar-refractivity contribution < 1.29 is 21.6 Å². The van der Waals surface area contributed by atoms with Gasteiger partial charge in [0.15, 0.2) is 0 Å². The average Bonchev–Trinajstić information content (AvgIpc) is 2.99. The minimum Gasteiger partial charge on any atom is -0.363 e. The molecule has 0 spiro atoms. The molecule has 0 radical (unpaired) electrons. The number of nitrogens with two attached hydrogens (primary N) is 1. The molecule has 0 saturated carbocycles. The van der Waals surface area contributed by atoms with Crippen molar-refractivity contribution in [1.29, 1.82) is 0 Å². The Morgan fingerprint density at radius 3 is 2.09 bits per heavy atom. The summed E-state index contributed by atoms with van der Waals surface area (Å²) in [7, 11) is -4.00. The second kappa shape index (κ2) is 12.2. The molecule has 1 saturated heterocycles. The molecular weight excluding hydrogens is 583 g/mol. The molecule has 1 atom stereocenters. The van der Waals surface area contributed by atoms with E-state index in [4.69, 9.17) is 5.73 Å². The maximum atomic E-state index is 14.6. The zero-order valence-corrected chi connectivity index (χ0v) is 24.1. The van der Waals surface area contributed by atoms with Gasteiger partial charge in [0.2, 0.25) is 10.0 Å². The Kier molecular flexibility index (Phi) is 8.58. The maximum absolute atomic E-state index is 14.6. The van der Waals surface area contributed by atoms with Gasteiger partial charge >= 0.3 is 5.69 Å². The van der Waals surface area contributed by atoms with Gasteiger partial charge in [0.1, 0.15) is 23.1 Å². The second-order valence-electron chi connectivity index (χ2n) is 10.3. The standard InChI is InChI=1S/C30H30F3N5O4S/c1-20-28(35-13-15-36(16-14-35)43(41,42)23-10-5-9-22(31)17-23)29(39)38(19-27(34)21-7-3-2-4-8-21)30(40)37(20)18-24-25(32)11-6-12-26(24)33/h2-12,17,27H,13-16,18-19,34H2,1H3. The molecular formula is C30H30F3N5O4S. The van der Waals surface area contributed by atoms with Gasteiger partial charge in [-0.3, -0.25) is 13.9 Å². The maximum Gasteiger partial charge on any atom is 0.331 e. The van der Waals surface area contributed by atoms with Gasteiger partial charge in [-0.15, -0.1) is 0 Å². The summed E-state index contributed by atoms with van der Waals surface area (Å²) in [6.45, 7) is 0.912. The van der Waals surface area contributed by atoms with E-state index in [1.54, 1.807) is 35.2 Å². The fraction of sp³-hybridized carbons (Fsp3) is 0.267. The molecule has 4 aromatic rings. The molecule has 1 fully saturated rings. The van der Waals surface area contributed by atoms with E-state index in [-0.39, 0.29) is 54.6 Å². The summed E-state index contributed by atoms with van der Waals surface area (Å²) in [6.07, 6.45) is 0. The van der Waals surface area contributed by atoms with E-state index in [0.717, 1.165) is 33.4 Å². The molecule has 43 heavy (non-hydrogen) atoms. The Morgan fingerprint density at radius 2 is 1.47 bits per heavy atom. The van der Waals surface area contributed by atoms with Gasteiger partial charge in [0.25, 0.3) is 5.56 Å². The first-order chi connectivity index (χ1) is 20.5. The smallest absolute Gasteiger partial charge is 0.331 e. The van der Waals surface area contributed by atoms with E-state index in [1.807, 2.05) is 0 Å². The molecule has 1 aliphatic heterocycles. The van der Waals surface area contributed by atoms with Crippen LogP contribution in [0.25, 0.3) is 0 Å². The van der Waals surface area contributed by atoms with Crippen LogP contribution in [0, 0.1) is 24.4 Å². The van der Waals surface area contributed by atoms with Gasteiger partial charge < -0.3 is 10.6 Å². The molecule has 5 rings (SSSR count). The average molecular weight is 614 g/mol. The predicted octanol–water partition coefficient (Wildman–Crippen LogP) is 2.99. The van der Waals surface area contributed by atoms with Crippen LogP contribution in [-0.4, -0.2) is 48.0 Å². The number of halogens is 3. The molecule has 2 N–H and O–H groups in total. The van der Waals surface area contributed by atoms with Crippen LogP contribution in [0.4, 0.5) is 18.9 Å². The van der Waals surface area contributed by atoms with Crippen molar-refractivity contribution in [3.05, 3.63) is 128 Å². The van der Waals surface area contributed by atoms with E-state index in [2.05, 4.69) is 0 Å². The van der Waals surface area contributed by atoms with Gasteiger partial charge in [-0.25, -0.2) is 26.4 Å². The fourth-order valence-electron chi connectivity index (χ4n) is 5.27. The van der Waals surface area contributed by atoms with Gasteiger partial charge in [0.05, 0.1) is 18.0 Å². The van der Waals surface area contributed by atoms with Gasteiger partial charge in [-0.2, -0.15) is 4.31 Å². The summed E-state index contributed by atoms with van der Waals surface area (Å²) in [4.78, 5) is 29.0. The highest BCUT2D eigenvalue weighted by Gasteiger charge is 2.32. The van der Waals surface area contributed by atoms with Crippen molar-refractivity contribution in [2.75, 3.05) is 31.1 Å². The third-order valence-electron chi connectivity index (χ3n) is 7.63. The molecule has 9 nitrogen and oxygen atoms in total. The highest BCUT2D eigenvalue weighted by Crippen LogP contribution is 2.23. The van der Waals surface area contributed by atoms with Crippen LogP contribution in [0.3, 0.4) is 0 Å². The van der Waals surface area contributed by atoms with Crippen LogP contribution in [0.1, 0.15) is 22.9 Å². The van der Waals surface area contributed by atoms with Crippen molar-refractivity contribution in [2.24, 2.45) is 5.73 Å². The Morgan fingerprint density at radius 1 is 0.837 bits per heavy atom. The quantitative estimate of drug-likeness (QED) is 0.327. The molecule has 1 aliphatic rings. The summed E-state index contributed by atoms with van der Waals surface area (Å²) in [5, 5.41) is 0. The Balaban J connectivity index is 1.53. The highest BCUT2D eigenvalue weighted by atomic mass is 32.2. The van der Waals surface area contributed by atoms with Gasteiger partial charge in [-0.1, -0.05) is 42.5 Å². The van der Waals surface area contributed by atoms with Gasteiger partial charge in [0, 0.05) is 43.5 Å². The summed E-state index contributed by atoms with van der Waals surface area (Å²) in [6, 6.07) is 16.2. The van der Waals surface area contributed by atoms with Gasteiger partial charge in [-0.05, 0) is 42.8 Å². The molecule has 226 valence electrons. The number of piperazine rings is 1. The number of sulfonamides is 1. The number of anilines is 1. The predicted molar refractivity (Wildman–Crippen MR) is 156 cm³/mol. The fourth-order valence-corrected chi connectivity index (χ4v) is 6.72. The highest BCUT2D eigenvalue weighted by molar-refractivity contribution is 7.89. The second-order valence-corrected chi connectivity index (χ2v) is 12.2. The first-order valence-corrected chi connectivity index (χ1v) is 15.0. The van der Waals surface area contributed by atoms with E-state index in [0.29, 0.717) is 5.56 Å². The van der Waals surface area contributed by atoms with Crippen LogP contribution in [-0.2, 0) is 23.1 Å². The molecule has 3 aromatic carbocycles. The molecule has 13 heteroatoms. The van der Waals surface area contributed by atoms with Crippen molar-refractivity contribution in [3.8, 4) is 0 Å². The number of hydrogen-bond donors (Lipinski definition) is 1. The SMILES string of the molecule is Cc1c(N2CCN(S(=O)(=O)c3cccc(F)c3)CC2)c(=O)n(CC(N)c2ccccc2)c(=O)n1Cc1c(F)cccc1F. The number of nitrogens with zero attached hydrogens (tertiary/aromatic N) is 4. The Labute approximate surface area is 246 Å². The van der Waals surface area contributed by atoms with Crippen LogP contribution < -0.4 is 21.9 Å². The number of hydrogen-bond acceptors (Lipinski definition) is 6.